The smallest absolute Gasteiger partial charge is 0.162 e. The molecule has 23 heavy (non-hydrogen) atoms. The van der Waals surface area contributed by atoms with Crippen molar-refractivity contribution < 1.29 is 0 Å². The molecule has 2 heterocycles. The molecular weight excluding hydrogens is 282 g/mol. The van der Waals surface area contributed by atoms with Gasteiger partial charge in [0.1, 0.15) is 5.82 Å². The molecule has 4 rings (SSSR count). The Morgan fingerprint density at radius 3 is 2.52 bits per heavy atom. The van der Waals surface area contributed by atoms with E-state index in [9.17, 15) is 0 Å². The maximum atomic E-state index is 4.96. The van der Waals surface area contributed by atoms with Crippen LogP contribution in [0.15, 0.2) is 54.6 Å². The number of para-hydroxylation sites is 1. The average Bonchev–Trinajstić information content (AvgIpc) is 2.62. The van der Waals surface area contributed by atoms with Crippen LogP contribution in [0.1, 0.15) is 26.2 Å². The van der Waals surface area contributed by atoms with E-state index in [-0.39, 0.29) is 0 Å². The van der Waals surface area contributed by atoms with Crippen LogP contribution in [-0.2, 0) is 0 Å². The molecule has 0 radical (unpaired) electrons. The lowest BCUT2D eigenvalue weighted by molar-refractivity contribution is 0.482. The molecule has 2 aromatic carbocycles. The van der Waals surface area contributed by atoms with Crippen LogP contribution in [0, 0.1) is 0 Å². The third-order valence-corrected chi connectivity index (χ3v) is 4.69. The van der Waals surface area contributed by atoms with Crippen molar-refractivity contribution in [1.29, 1.82) is 0 Å². The summed E-state index contributed by atoms with van der Waals surface area (Å²) >= 11 is 0. The lowest BCUT2D eigenvalue weighted by Gasteiger charge is -2.35. The fraction of sp³-hybridized carbons (Fsp3) is 0.300. The van der Waals surface area contributed by atoms with Gasteiger partial charge in [-0.15, -0.1) is 0 Å². The van der Waals surface area contributed by atoms with Gasteiger partial charge in [0.2, 0.25) is 0 Å². The fourth-order valence-corrected chi connectivity index (χ4v) is 3.41. The van der Waals surface area contributed by atoms with Crippen LogP contribution in [0.2, 0.25) is 0 Å². The van der Waals surface area contributed by atoms with E-state index in [0.29, 0.717) is 6.04 Å². The Morgan fingerprint density at radius 2 is 1.70 bits per heavy atom. The molecule has 1 atom stereocenters. The van der Waals surface area contributed by atoms with E-state index in [1.54, 1.807) is 0 Å². The second-order valence-corrected chi connectivity index (χ2v) is 6.29. The largest absolute Gasteiger partial charge is 0.353 e. The first-order valence-corrected chi connectivity index (χ1v) is 8.42. The lowest BCUT2D eigenvalue weighted by Crippen LogP contribution is -2.38. The molecule has 3 aromatic rings. The van der Waals surface area contributed by atoms with Gasteiger partial charge >= 0.3 is 0 Å². The zero-order valence-electron chi connectivity index (χ0n) is 13.4. The molecule has 1 saturated heterocycles. The summed E-state index contributed by atoms with van der Waals surface area (Å²) in [4.78, 5) is 12.2. The molecule has 0 spiro atoms. The first kappa shape index (κ1) is 14.2. The van der Waals surface area contributed by atoms with Crippen molar-refractivity contribution in [3.8, 4) is 11.4 Å². The molecule has 3 heteroatoms. The fourth-order valence-electron chi connectivity index (χ4n) is 3.41. The summed E-state index contributed by atoms with van der Waals surface area (Å²) in [5.41, 5.74) is 2.10. The van der Waals surface area contributed by atoms with Crippen LogP contribution >= 0.6 is 0 Å². The monoisotopic (exact) mass is 303 g/mol. The highest BCUT2D eigenvalue weighted by Gasteiger charge is 2.22. The maximum absolute atomic E-state index is 4.96. The van der Waals surface area contributed by atoms with E-state index < -0.39 is 0 Å². The first-order valence-electron chi connectivity index (χ1n) is 8.42. The first-order chi connectivity index (χ1) is 11.3. The Balaban J connectivity index is 1.91. The summed E-state index contributed by atoms with van der Waals surface area (Å²) in [6.45, 7) is 3.38. The van der Waals surface area contributed by atoms with Crippen LogP contribution in [0.3, 0.4) is 0 Å². The highest BCUT2D eigenvalue weighted by molar-refractivity contribution is 5.91. The summed E-state index contributed by atoms with van der Waals surface area (Å²) in [6.07, 6.45) is 3.79. The molecule has 3 nitrogen and oxygen atoms in total. The van der Waals surface area contributed by atoms with Crippen molar-refractivity contribution in [2.75, 3.05) is 11.4 Å². The molecule has 1 aliphatic rings. The standard InChI is InChI=1S/C20H21N3/c1-15-9-7-8-14-23(15)20-17-12-5-6-13-18(17)21-19(22-20)16-10-3-2-4-11-16/h2-6,10-13,15H,7-9,14H2,1H3/t15-/m1/s1. The number of hydrogen-bond acceptors (Lipinski definition) is 3. The molecule has 1 aromatic heterocycles. The van der Waals surface area contributed by atoms with E-state index in [2.05, 4.69) is 42.2 Å². The second kappa shape index (κ2) is 5.99. The normalized spacial score (nSPS) is 18.3. The van der Waals surface area contributed by atoms with E-state index in [1.165, 1.54) is 19.3 Å². The molecule has 0 bridgehead atoms. The Kier molecular flexibility index (Phi) is 3.70. The Labute approximate surface area is 137 Å². The van der Waals surface area contributed by atoms with Gasteiger partial charge in [0.05, 0.1) is 5.52 Å². The van der Waals surface area contributed by atoms with Gasteiger partial charge in [-0.05, 0) is 38.3 Å². The average molecular weight is 303 g/mol. The van der Waals surface area contributed by atoms with Crippen molar-refractivity contribution >= 4 is 16.7 Å². The number of benzene rings is 2. The summed E-state index contributed by atoms with van der Waals surface area (Å²) in [5.74, 6) is 1.90. The zero-order chi connectivity index (χ0) is 15.6. The highest BCUT2D eigenvalue weighted by atomic mass is 15.2. The minimum atomic E-state index is 0.533. The molecule has 116 valence electrons. The quantitative estimate of drug-likeness (QED) is 0.688. The van der Waals surface area contributed by atoms with Crippen LogP contribution < -0.4 is 4.90 Å². The van der Waals surface area contributed by atoms with Crippen LogP contribution in [-0.4, -0.2) is 22.6 Å². The summed E-state index contributed by atoms with van der Waals surface area (Å²) in [7, 11) is 0. The van der Waals surface area contributed by atoms with Crippen molar-refractivity contribution in [3.63, 3.8) is 0 Å². The molecule has 0 aliphatic carbocycles. The zero-order valence-corrected chi connectivity index (χ0v) is 13.4. The van der Waals surface area contributed by atoms with Gasteiger partial charge in [-0.2, -0.15) is 0 Å². The SMILES string of the molecule is C[C@@H]1CCCCN1c1nc(-c2ccccc2)nc2ccccc12. The van der Waals surface area contributed by atoms with Gasteiger partial charge in [0.25, 0.3) is 0 Å². The second-order valence-electron chi connectivity index (χ2n) is 6.29. The summed E-state index contributed by atoms with van der Waals surface area (Å²) in [5, 5.41) is 1.15. The number of nitrogens with zero attached hydrogens (tertiary/aromatic N) is 3. The van der Waals surface area contributed by atoms with Gasteiger partial charge in [-0.3, -0.25) is 0 Å². The van der Waals surface area contributed by atoms with E-state index in [0.717, 1.165) is 34.7 Å². The molecular formula is C20H21N3. The minimum Gasteiger partial charge on any atom is -0.353 e. The Morgan fingerprint density at radius 1 is 0.913 bits per heavy atom. The summed E-state index contributed by atoms with van der Waals surface area (Å²) in [6, 6.07) is 19.1. The van der Waals surface area contributed by atoms with E-state index >= 15 is 0 Å². The van der Waals surface area contributed by atoms with Crippen LogP contribution in [0.4, 0.5) is 5.82 Å². The highest BCUT2D eigenvalue weighted by Crippen LogP contribution is 2.31. The minimum absolute atomic E-state index is 0.533. The molecule has 1 fully saturated rings. The third kappa shape index (κ3) is 2.67. The number of piperidine rings is 1. The number of rotatable bonds is 2. The molecule has 0 amide bonds. The predicted octanol–water partition coefficient (Wildman–Crippen LogP) is 4.68. The maximum Gasteiger partial charge on any atom is 0.162 e. The van der Waals surface area contributed by atoms with Gasteiger partial charge in [-0.1, -0.05) is 42.5 Å². The van der Waals surface area contributed by atoms with Crippen molar-refractivity contribution in [3.05, 3.63) is 54.6 Å². The van der Waals surface area contributed by atoms with Crippen LogP contribution in [0.5, 0.6) is 0 Å². The van der Waals surface area contributed by atoms with Gasteiger partial charge in [0.15, 0.2) is 5.82 Å². The van der Waals surface area contributed by atoms with E-state index in [1.807, 2.05) is 24.3 Å². The summed E-state index contributed by atoms with van der Waals surface area (Å²) < 4.78 is 0. The number of aromatic nitrogens is 2. The topological polar surface area (TPSA) is 29.0 Å². The lowest BCUT2D eigenvalue weighted by atomic mass is 10.0. The van der Waals surface area contributed by atoms with Gasteiger partial charge in [-0.25, -0.2) is 9.97 Å². The molecule has 0 unspecified atom stereocenters. The van der Waals surface area contributed by atoms with Gasteiger partial charge < -0.3 is 4.90 Å². The number of fused-ring (bicyclic) bond motifs is 1. The van der Waals surface area contributed by atoms with Crippen molar-refractivity contribution in [1.82, 2.24) is 9.97 Å². The molecule has 0 N–H and O–H groups in total. The predicted molar refractivity (Wildman–Crippen MR) is 95.6 cm³/mol. The molecule has 1 aliphatic heterocycles. The molecule has 0 saturated carbocycles. The Hall–Kier alpha value is -2.42. The third-order valence-electron chi connectivity index (χ3n) is 4.69. The van der Waals surface area contributed by atoms with Crippen LogP contribution in [0.25, 0.3) is 22.3 Å². The van der Waals surface area contributed by atoms with Gasteiger partial charge in [0, 0.05) is 23.5 Å². The Bertz CT molecular complexity index is 813. The van der Waals surface area contributed by atoms with Crippen molar-refractivity contribution in [2.45, 2.75) is 32.2 Å². The number of anilines is 1. The number of hydrogen-bond donors (Lipinski definition) is 0. The van der Waals surface area contributed by atoms with E-state index in [4.69, 9.17) is 9.97 Å². The van der Waals surface area contributed by atoms with Crippen molar-refractivity contribution in [2.24, 2.45) is 0 Å².